The van der Waals surface area contributed by atoms with Gasteiger partial charge < -0.3 is 11.5 Å². The molecule has 8 nitrogen and oxygen atoms in total. The molecule has 0 heterocycles. The molecule has 0 saturated heterocycles. The summed E-state index contributed by atoms with van der Waals surface area (Å²) in [7, 11) is 0. The Hall–Kier alpha value is -1.70. The fourth-order valence-corrected chi connectivity index (χ4v) is 0.529. The average Bonchev–Trinajstić information content (AvgIpc) is 2.10. The first-order valence-electron chi connectivity index (χ1n) is 3.32. The van der Waals surface area contributed by atoms with Crippen LogP contribution in [0.3, 0.4) is 0 Å². The molecular formula is C5H9N3O5. The standard InChI is InChI=1S/C5H9N3O5/c6-3(1-2-4(7)9)5(10)12-13-8-11/h3H,1-2,6H2,(H2,7,9). The lowest BCUT2D eigenvalue weighted by atomic mass is 10.2. The summed E-state index contributed by atoms with van der Waals surface area (Å²) in [6.07, 6.45) is -0.0266. The summed E-state index contributed by atoms with van der Waals surface area (Å²) in [5.74, 6) is -1.57. The van der Waals surface area contributed by atoms with Crippen molar-refractivity contribution in [1.82, 2.24) is 0 Å². The maximum atomic E-state index is 10.7. The number of nitrogens with two attached hydrogens (primary N) is 2. The van der Waals surface area contributed by atoms with Crippen LogP contribution in [-0.4, -0.2) is 17.9 Å². The summed E-state index contributed by atoms with van der Waals surface area (Å²) in [6.45, 7) is 0. The molecule has 0 aromatic carbocycles. The Bertz CT molecular complexity index is 206. The summed E-state index contributed by atoms with van der Waals surface area (Å²) in [6, 6.07) is -1.06. The third-order valence-corrected chi connectivity index (χ3v) is 1.15. The fourth-order valence-electron chi connectivity index (χ4n) is 0.529. The van der Waals surface area contributed by atoms with E-state index in [1.807, 2.05) is 5.34 Å². The molecule has 0 saturated carbocycles. The molecule has 13 heavy (non-hydrogen) atoms. The SMILES string of the molecule is NC(=O)CCC(N)C(=O)OON=O. The molecule has 0 aliphatic rings. The summed E-state index contributed by atoms with van der Waals surface area (Å²) in [5.41, 5.74) is 9.99. The average molecular weight is 191 g/mol. The van der Waals surface area contributed by atoms with Gasteiger partial charge in [-0.1, -0.05) is 0 Å². The zero-order chi connectivity index (χ0) is 10.3. The number of carbonyl (C=O) groups excluding carboxylic acids is 2. The van der Waals surface area contributed by atoms with Crippen LogP contribution in [0.25, 0.3) is 0 Å². The molecule has 1 unspecified atom stereocenters. The van der Waals surface area contributed by atoms with E-state index in [0.717, 1.165) is 0 Å². The molecule has 1 atom stereocenters. The third kappa shape index (κ3) is 5.56. The van der Waals surface area contributed by atoms with Gasteiger partial charge >= 0.3 is 5.97 Å². The van der Waals surface area contributed by atoms with Gasteiger partial charge in [-0.15, -0.1) is 9.90 Å². The maximum Gasteiger partial charge on any atom is 0.374 e. The van der Waals surface area contributed by atoms with Crippen LogP contribution in [0.1, 0.15) is 12.8 Å². The van der Waals surface area contributed by atoms with Crippen LogP contribution >= 0.6 is 0 Å². The summed E-state index contributed by atoms with van der Waals surface area (Å²) in [4.78, 5) is 37.5. The van der Waals surface area contributed by atoms with Crippen molar-refractivity contribution in [3.8, 4) is 0 Å². The number of hydrogen-bond donors (Lipinski definition) is 2. The van der Waals surface area contributed by atoms with E-state index in [4.69, 9.17) is 11.5 Å². The zero-order valence-corrected chi connectivity index (χ0v) is 6.63. The van der Waals surface area contributed by atoms with E-state index in [9.17, 15) is 14.5 Å². The minimum atomic E-state index is -1.06. The van der Waals surface area contributed by atoms with Gasteiger partial charge in [0.2, 0.25) is 11.2 Å². The van der Waals surface area contributed by atoms with Crippen LogP contribution in [0.15, 0.2) is 5.34 Å². The molecular weight excluding hydrogens is 182 g/mol. The molecule has 0 radical (unpaired) electrons. The number of primary amides is 1. The highest BCUT2D eigenvalue weighted by atomic mass is 17.3. The minimum Gasteiger partial charge on any atom is -0.370 e. The highest BCUT2D eigenvalue weighted by molar-refractivity contribution is 5.77. The molecule has 4 N–H and O–H groups in total. The largest absolute Gasteiger partial charge is 0.374 e. The first-order valence-corrected chi connectivity index (χ1v) is 3.32. The number of hydrogen-bond acceptors (Lipinski definition) is 7. The fraction of sp³-hybridized carbons (Fsp3) is 0.600. The van der Waals surface area contributed by atoms with E-state index < -0.39 is 17.9 Å². The lowest BCUT2D eigenvalue weighted by molar-refractivity contribution is -0.275. The number of nitrogens with zero attached hydrogens (tertiary/aromatic N) is 1. The molecule has 8 heteroatoms. The Labute approximate surface area is 73.0 Å². The summed E-state index contributed by atoms with van der Waals surface area (Å²) in [5, 5.41) is 1.81. The number of carbonyl (C=O) groups is 2. The first-order chi connectivity index (χ1) is 6.07. The molecule has 74 valence electrons. The van der Waals surface area contributed by atoms with Gasteiger partial charge in [-0.25, -0.2) is 9.68 Å². The lowest BCUT2D eigenvalue weighted by Crippen LogP contribution is -2.33. The predicted octanol–water partition coefficient (Wildman–Crippen LogP) is -1.26. The van der Waals surface area contributed by atoms with Crippen molar-refractivity contribution < 1.29 is 19.5 Å². The predicted molar refractivity (Wildman–Crippen MR) is 39.4 cm³/mol. The Balaban J connectivity index is 3.68. The van der Waals surface area contributed by atoms with E-state index >= 15 is 0 Å². The van der Waals surface area contributed by atoms with Gasteiger partial charge in [-0.2, -0.15) is 0 Å². The van der Waals surface area contributed by atoms with Crippen molar-refractivity contribution in [2.45, 2.75) is 18.9 Å². The van der Waals surface area contributed by atoms with E-state index in [2.05, 4.69) is 9.88 Å². The smallest absolute Gasteiger partial charge is 0.370 e. The topological polar surface area (TPSA) is 134 Å². The van der Waals surface area contributed by atoms with E-state index in [1.54, 1.807) is 0 Å². The van der Waals surface area contributed by atoms with Crippen molar-refractivity contribution in [2.75, 3.05) is 0 Å². The van der Waals surface area contributed by atoms with Crippen LogP contribution in [-0.2, 0) is 19.5 Å². The quantitative estimate of drug-likeness (QED) is 0.305. The highest BCUT2D eigenvalue weighted by Gasteiger charge is 2.17. The number of rotatable bonds is 6. The van der Waals surface area contributed by atoms with E-state index in [0.29, 0.717) is 0 Å². The van der Waals surface area contributed by atoms with Gasteiger partial charge in [0.15, 0.2) is 0 Å². The molecule has 0 aromatic rings. The molecule has 1 amide bonds. The van der Waals surface area contributed by atoms with Crippen molar-refractivity contribution in [1.29, 1.82) is 0 Å². The van der Waals surface area contributed by atoms with E-state index in [1.165, 1.54) is 0 Å². The molecule has 0 aromatic heterocycles. The van der Waals surface area contributed by atoms with Gasteiger partial charge in [-0.05, 0) is 6.42 Å². The summed E-state index contributed by atoms with van der Waals surface area (Å²) >= 11 is 0. The van der Waals surface area contributed by atoms with Gasteiger partial charge in [0, 0.05) is 6.42 Å². The van der Waals surface area contributed by atoms with Gasteiger partial charge in [0.25, 0.3) is 0 Å². The van der Waals surface area contributed by atoms with E-state index in [-0.39, 0.29) is 12.8 Å². The van der Waals surface area contributed by atoms with Crippen LogP contribution < -0.4 is 11.5 Å². The molecule has 0 rings (SSSR count). The molecule has 0 aliphatic carbocycles. The number of amides is 1. The monoisotopic (exact) mass is 191 g/mol. The maximum absolute atomic E-state index is 10.7. The van der Waals surface area contributed by atoms with Crippen LogP contribution in [0.5, 0.6) is 0 Å². The zero-order valence-electron chi connectivity index (χ0n) is 6.63. The lowest BCUT2D eigenvalue weighted by Gasteiger charge is -2.05. The van der Waals surface area contributed by atoms with Gasteiger partial charge in [0.1, 0.15) is 6.04 Å². The minimum absolute atomic E-state index is 0.0242. The second-order valence-corrected chi connectivity index (χ2v) is 2.16. The Morgan fingerprint density at radius 2 is 2.08 bits per heavy atom. The molecule has 0 bridgehead atoms. The van der Waals surface area contributed by atoms with Gasteiger partial charge in [-0.3, -0.25) is 4.79 Å². The van der Waals surface area contributed by atoms with Crippen molar-refractivity contribution >= 4 is 11.9 Å². The second kappa shape index (κ2) is 5.89. The highest BCUT2D eigenvalue weighted by Crippen LogP contribution is 1.96. The second-order valence-electron chi connectivity index (χ2n) is 2.16. The third-order valence-electron chi connectivity index (χ3n) is 1.15. The molecule has 0 aliphatic heterocycles. The Morgan fingerprint density at radius 1 is 1.46 bits per heavy atom. The van der Waals surface area contributed by atoms with Crippen LogP contribution in [0.4, 0.5) is 0 Å². The Kier molecular flexibility index (Phi) is 5.12. The van der Waals surface area contributed by atoms with Crippen molar-refractivity contribution in [3.05, 3.63) is 4.91 Å². The summed E-state index contributed by atoms with van der Waals surface area (Å²) < 4.78 is 0. The van der Waals surface area contributed by atoms with Crippen LogP contribution in [0, 0.1) is 4.91 Å². The van der Waals surface area contributed by atoms with Crippen LogP contribution in [0.2, 0.25) is 0 Å². The normalized spacial score (nSPS) is 11.5. The Morgan fingerprint density at radius 3 is 2.54 bits per heavy atom. The van der Waals surface area contributed by atoms with Gasteiger partial charge in [0.05, 0.1) is 0 Å². The molecule has 0 spiro atoms. The van der Waals surface area contributed by atoms with Crippen molar-refractivity contribution in [2.24, 2.45) is 16.8 Å². The van der Waals surface area contributed by atoms with Crippen molar-refractivity contribution in [3.63, 3.8) is 0 Å². The molecule has 0 fully saturated rings. The first kappa shape index (κ1) is 11.3.